The van der Waals surface area contributed by atoms with E-state index < -0.39 is 0 Å². The normalized spacial score (nSPS) is 10.8. The number of hydrogen-bond donors (Lipinski definition) is 3. The number of carbonyl (C=O) groups is 1. The second-order valence-electron chi connectivity index (χ2n) is 3.60. The number of nitrogens with one attached hydrogen (secondary N) is 2. The van der Waals surface area contributed by atoms with E-state index in [1.54, 1.807) is 0 Å². The SMILES string of the molecule is O=C(CNCCO)c1ccc2cc[nH]c2c1. The van der Waals surface area contributed by atoms with E-state index in [4.69, 9.17) is 5.11 Å². The number of H-pyrrole nitrogens is 1. The zero-order chi connectivity index (χ0) is 11.4. The Morgan fingerprint density at radius 2 is 2.25 bits per heavy atom. The fourth-order valence-corrected chi connectivity index (χ4v) is 1.60. The number of ketones is 1. The fourth-order valence-electron chi connectivity index (χ4n) is 1.60. The molecule has 2 aromatic rings. The number of aromatic amines is 1. The summed E-state index contributed by atoms with van der Waals surface area (Å²) in [5, 5.41) is 12.5. The molecular formula is C12H14N2O2. The molecule has 0 radical (unpaired) electrons. The highest BCUT2D eigenvalue weighted by Crippen LogP contribution is 2.14. The topological polar surface area (TPSA) is 65.1 Å². The molecule has 0 aliphatic rings. The van der Waals surface area contributed by atoms with Gasteiger partial charge in [-0.25, -0.2) is 0 Å². The van der Waals surface area contributed by atoms with Crippen LogP contribution in [0.1, 0.15) is 10.4 Å². The number of aromatic nitrogens is 1. The zero-order valence-electron chi connectivity index (χ0n) is 8.86. The van der Waals surface area contributed by atoms with Crippen LogP contribution in [0, 0.1) is 0 Å². The predicted octanol–water partition coefficient (Wildman–Crippen LogP) is 0.933. The molecular weight excluding hydrogens is 204 g/mol. The van der Waals surface area contributed by atoms with Crippen LogP contribution in [0.2, 0.25) is 0 Å². The van der Waals surface area contributed by atoms with Gasteiger partial charge in [-0.1, -0.05) is 12.1 Å². The summed E-state index contributed by atoms with van der Waals surface area (Å²) in [6.45, 7) is 0.742. The fraction of sp³-hybridized carbons (Fsp3) is 0.250. The van der Waals surface area contributed by atoms with E-state index >= 15 is 0 Å². The van der Waals surface area contributed by atoms with Crippen LogP contribution in [0.15, 0.2) is 30.5 Å². The van der Waals surface area contributed by atoms with Gasteiger partial charge < -0.3 is 15.4 Å². The maximum Gasteiger partial charge on any atom is 0.176 e. The minimum Gasteiger partial charge on any atom is -0.395 e. The summed E-state index contributed by atoms with van der Waals surface area (Å²) in [6.07, 6.45) is 1.85. The van der Waals surface area contributed by atoms with Gasteiger partial charge in [-0.3, -0.25) is 4.79 Å². The molecule has 1 aromatic carbocycles. The van der Waals surface area contributed by atoms with Gasteiger partial charge in [0, 0.05) is 23.8 Å². The van der Waals surface area contributed by atoms with Crippen LogP contribution in [-0.2, 0) is 0 Å². The molecule has 84 valence electrons. The number of hydrogen-bond acceptors (Lipinski definition) is 3. The zero-order valence-corrected chi connectivity index (χ0v) is 8.86. The molecule has 16 heavy (non-hydrogen) atoms. The van der Waals surface area contributed by atoms with Gasteiger partial charge in [0.05, 0.1) is 13.2 Å². The molecule has 0 bridgehead atoms. The quantitative estimate of drug-likeness (QED) is 0.516. The molecule has 0 unspecified atom stereocenters. The van der Waals surface area contributed by atoms with Crippen LogP contribution in [-0.4, -0.2) is 35.6 Å². The van der Waals surface area contributed by atoms with Crippen LogP contribution >= 0.6 is 0 Å². The van der Waals surface area contributed by atoms with Crippen molar-refractivity contribution in [3.05, 3.63) is 36.0 Å². The van der Waals surface area contributed by atoms with Crippen molar-refractivity contribution in [1.82, 2.24) is 10.3 Å². The third-order valence-electron chi connectivity index (χ3n) is 2.45. The van der Waals surface area contributed by atoms with Gasteiger partial charge in [-0.15, -0.1) is 0 Å². The highest BCUT2D eigenvalue weighted by Gasteiger charge is 2.06. The summed E-state index contributed by atoms with van der Waals surface area (Å²) in [6, 6.07) is 7.55. The number of aliphatic hydroxyl groups excluding tert-OH is 1. The van der Waals surface area contributed by atoms with Crippen molar-refractivity contribution in [3.8, 4) is 0 Å². The first-order chi connectivity index (χ1) is 7.81. The molecule has 0 fully saturated rings. The lowest BCUT2D eigenvalue weighted by Gasteiger charge is -2.02. The van der Waals surface area contributed by atoms with Crippen molar-refractivity contribution in [3.63, 3.8) is 0 Å². The van der Waals surface area contributed by atoms with Crippen molar-refractivity contribution in [2.45, 2.75) is 0 Å². The molecule has 0 saturated heterocycles. The van der Waals surface area contributed by atoms with Crippen LogP contribution in [0.4, 0.5) is 0 Å². The summed E-state index contributed by atoms with van der Waals surface area (Å²) in [5.41, 5.74) is 1.65. The van der Waals surface area contributed by atoms with Gasteiger partial charge in [0.15, 0.2) is 5.78 Å². The first-order valence-electron chi connectivity index (χ1n) is 5.23. The predicted molar refractivity (Wildman–Crippen MR) is 62.6 cm³/mol. The van der Waals surface area contributed by atoms with Gasteiger partial charge in [-0.2, -0.15) is 0 Å². The lowest BCUT2D eigenvalue weighted by Crippen LogP contribution is -2.25. The number of carbonyl (C=O) groups excluding carboxylic acids is 1. The summed E-state index contributed by atoms with van der Waals surface area (Å²) in [5.74, 6) is 0.0324. The summed E-state index contributed by atoms with van der Waals surface area (Å²) in [7, 11) is 0. The monoisotopic (exact) mass is 218 g/mol. The summed E-state index contributed by atoms with van der Waals surface area (Å²) < 4.78 is 0. The summed E-state index contributed by atoms with van der Waals surface area (Å²) in [4.78, 5) is 14.8. The molecule has 1 heterocycles. The molecule has 0 aliphatic heterocycles. The summed E-state index contributed by atoms with van der Waals surface area (Å²) >= 11 is 0. The van der Waals surface area contributed by atoms with Gasteiger partial charge in [0.1, 0.15) is 0 Å². The lowest BCUT2D eigenvalue weighted by molar-refractivity contribution is 0.0990. The second kappa shape index (κ2) is 4.92. The average Bonchev–Trinajstić information content (AvgIpc) is 2.76. The van der Waals surface area contributed by atoms with Crippen molar-refractivity contribution in [2.24, 2.45) is 0 Å². The Kier molecular flexibility index (Phi) is 3.34. The van der Waals surface area contributed by atoms with Gasteiger partial charge in [0.25, 0.3) is 0 Å². The molecule has 3 N–H and O–H groups in total. The van der Waals surface area contributed by atoms with Crippen LogP contribution in [0.5, 0.6) is 0 Å². The molecule has 0 aliphatic carbocycles. The van der Waals surface area contributed by atoms with E-state index in [2.05, 4.69) is 10.3 Å². The highest BCUT2D eigenvalue weighted by molar-refractivity contribution is 6.00. The number of aliphatic hydroxyl groups is 1. The first-order valence-corrected chi connectivity index (χ1v) is 5.23. The van der Waals surface area contributed by atoms with Crippen molar-refractivity contribution in [1.29, 1.82) is 0 Å². The van der Waals surface area contributed by atoms with Gasteiger partial charge in [-0.05, 0) is 17.5 Å². The lowest BCUT2D eigenvalue weighted by atomic mass is 10.1. The van der Waals surface area contributed by atoms with E-state index in [0.717, 1.165) is 10.9 Å². The second-order valence-corrected chi connectivity index (χ2v) is 3.60. The molecule has 4 nitrogen and oxygen atoms in total. The average molecular weight is 218 g/mol. The molecule has 0 spiro atoms. The van der Waals surface area contributed by atoms with Crippen molar-refractivity contribution < 1.29 is 9.90 Å². The number of Topliss-reactive ketones (excluding diaryl/α,β-unsaturated/α-hetero) is 1. The highest BCUT2D eigenvalue weighted by atomic mass is 16.3. The maximum absolute atomic E-state index is 11.7. The van der Waals surface area contributed by atoms with Crippen molar-refractivity contribution in [2.75, 3.05) is 19.7 Å². The Hall–Kier alpha value is -1.65. The molecule has 0 saturated carbocycles. The number of rotatable bonds is 5. The standard InChI is InChI=1S/C12H14N2O2/c15-6-5-13-8-12(16)10-2-1-9-3-4-14-11(9)7-10/h1-4,7,13-15H,5-6,8H2. The molecule has 2 rings (SSSR count). The Labute approximate surface area is 93.3 Å². The van der Waals surface area contributed by atoms with Crippen LogP contribution < -0.4 is 5.32 Å². The van der Waals surface area contributed by atoms with Gasteiger partial charge in [0.2, 0.25) is 0 Å². The third kappa shape index (κ3) is 2.29. The third-order valence-corrected chi connectivity index (χ3v) is 2.45. The van der Waals surface area contributed by atoms with E-state index in [1.807, 2.05) is 30.5 Å². The first kappa shape index (κ1) is 10.9. The van der Waals surface area contributed by atoms with E-state index in [1.165, 1.54) is 0 Å². The maximum atomic E-state index is 11.7. The van der Waals surface area contributed by atoms with Crippen molar-refractivity contribution >= 4 is 16.7 Å². The largest absolute Gasteiger partial charge is 0.395 e. The Balaban J connectivity index is 2.10. The van der Waals surface area contributed by atoms with E-state index in [0.29, 0.717) is 12.1 Å². The van der Waals surface area contributed by atoms with Gasteiger partial charge >= 0.3 is 0 Å². The van der Waals surface area contributed by atoms with E-state index in [9.17, 15) is 4.79 Å². The number of benzene rings is 1. The van der Waals surface area contributed by atoms with Crippen LogP contribution in [0.3, 0.4) is 0 Å². The minimum absolute atomic E-state index is 0.0324. The smallest absolute Gasteiger partial charge is 0.176 e. The molecule has 1 aromatic heterocycles. The molecule has 4 heteroatoms. The molecule has 0 amide bonds. The minimum atomic E-state index is 0.0324. The van der Waals surface area contributed by atoms with E-state index in [-0.39, 0.29) is 18.9 Å². The number of fused-ring (bicyclic) bond motifs is 1. The Morgan fingerprint density at radius 1 is 1.38 bits per heavy atom. The Bertz CT molecular complexity index is 490. The van der Waals surface area contributed by atoms with Crippen LogP contribution in [0.25, 0.3) is 10.9 Å². The molecule has 0 atom stereocenters. The Morgan fingerprint density at radius 3 is 3.06 bits per heavy atom.